The fourth-order valence-electron chi connectivity index (χ4n) is 1.20. The van der Waals surface area contributed by atoms with Crippen molar-refractivity contribution in [2.24, 2.45) is 0 Å². The molecule has 1 N–H and O–H groups in total. The number of benzene rings is 1. The molecule has 0 saturated heterocycles. The first-order chi connectivity index (χ1) is 7.81. The predicted molar refractivity (Wildman–Crippen MR) is 56.8 cm³/mol. The third-order valence-electron chi connectivity index (χ3n) is 1.96. The lowest BCUT2D eigenvalue weighted by Crippen LogP contribution is -2.02. The molecule has 0 saturated carbocycles. The summed E-state index contributed by atoms with van der Waals surface area (Å²) in [6.45, 7) is -0.748. The molecule has 90 valence electrons. The summed E-state index contributed by atoms with van der Waals surface area (Å²) >= 11 is 0. The average Bonchev–Trinajstić information content (AvgIpc) is 2.25. The van der Waals surface area contributed by atoms with Crippen molar-refractivity contribution in [1.29, 1.82) is 5.26 Å². The van der Waals surface area contributed by atoms with Crippen molar-refractivity contribution in [3.63, 3.8) is 0 Å². The lowest BCUT2D eigenvalue weighted by Gasteiger charge is -2.04. The number of nitro groups is 1. The van der Waals surface area contributed by atoms with Crippen LogP contribution in [0.4, 0.5) is 5.69 Å². The smallest absolute Gasteiger partial charge is 0.277 e. The quantitative estimate of drug-likeness (QED) is 0.497. The number of hydrogen-bond acceptors (Lipinski definition) is 6. The molecule has 17 heavy (non-hydrogen) atoms. The summed E-state index contributed by atoms with van der Waals surface area (Å²) < 4.78 is 22.1. The van der Waals surface area contributed by atoms with E-state index in [1.165, 1.54) is 0 Å². The van der Waals surface area contributed by atoms with E-state index in [0.29, 0.717) is 6.07 Å². The van der Waals surface area contributed by atoms with Gasteiger partial charge in [-0.15, -0.1) is 0 Å². The predicted octanol–water partition coefficient (Wildman–Crippen LogP) is 0.886. The number of nitriles is 1. The van der Waals surface area contributed by atoms with Gasteiger partial charge in [-0.25, -0.2) is 8.42 Å². The van der Waals surface area contributed by atoms with Crippen molar-refractivity contribution < 1.29 is 18.4 Å². The van der Waals surface area contributed by atoms with Gasteiger partial charge in [0.25, 0.3) is 14.7 Å². The summed E-state index contributed by atoms with van der Waals surface area (Å²) in [6, 6.07) is 3.15. The van der Waals surface area contributed by atoms with Crippen LogP contribution < -0.4 is 0 Å². The molecule has 1 aromatic rings. The largest absolute Gasteiger partial charge is 0.391 e. The van der Waals surface area contributed by atoms with Gasteiger partial charge in [0.1, 0.15) is 0 Å². The number of aliphatic hydroxyl groups excluding tert-OH is 1. The maximum Gasteiger partial charge on any atom is 0.277 e. The second-order valence-electron chi connectivity index (χ2n) is 2.93. The van der Waals surface area contributed by atoms with Gasteiger partial charge in [-0.2, -0.15) is 5.26 Å². The molecule has 0 amide bonds. The van der Waals surface area contributed by atoms with Crippen LogP contribution in [0, 0.1) is 21.4 Å². The Morgan fingerprint density at radius 2 is 2.12 bits per heavy atom. The Balaban J connectivity index is 3.71. The fraction of sp³-hybridized carbons (Fsp3) is 0.125. The van der Waals surface area contributed by atoms with Crippen LogP contribution in [-0.2, 0) is 15.7 Å². The van der Waals surface area contributed by atoms with E-state index in [1.807, 2.05) is 0 Å². The zero-order valence-corrected chi connectivity index (χ0v) is 9.70. The van der Waals surface area contributed by atoms with Crippen LogP contribution in [0.3, 0.4) is 0 Å². The Morgan fingerprint density at radius 1 is 1.53 bits per heavy atom. The monoisotopic (exact) mass is 276 g/mol. The number of hydrogen-bond donors (Lipinski definition) is 1. The van der Waals surface area contributed by atoms with Crippen molar-refractivity contribution in [3.8, 4) is 6.07 Å². The molecule has 0 aromatic heterocycles. The van der Waals surface area contributed by atoms with Gasteiger partial charge in [-0.05, 0) is 6.07 Å². The second-order valence-corrected chi connectivity index (χ2v) is 5.50. The first-order valence-corrected chi connectivity index (χ1v) is 6.39. The molecule has 0 aliphatic heterocycles. The van der Waals surface area contributed by atoms with Crippen LogP contribution in [0.2, 0.25) is 0 Å². The molecular formula is C8H5ClN2O5S. The lowest BCUT2D eigenvalue weighted by atomic mass is 10.1. The van der Waals surface area contributed by atoms with E-state index in [1.54, 1.807) is 6.07 Å². The zero-order valence-electron chi connectivity index (χ0n) is 8.12. The minimum absolute atomic E-state index is 0.249. The van der Waals surface area contributed by atoms with E-state index in [0.717, 1.165) is 6.07 Å². The highest BCUT2D eigenvalue weighted by atomic mass is 35.7. The van der Waals surface area contributed by atoms with E-state index in [4.69, 9.17) is 21.1 Å². The highest BCUT2D eigenvalue weighted by molar-refractivity contribution is 8.13. The third kappa shape index (κ3) is 2.71. The van der Waals surface area contributed by atoms with Gasteiger partial charge in [0.15, 0.2) is 0 Å². The Bertz CT molecular complexity index is 620. The summed E-state index contributed by atoms with van der Waals surface area (Å²) in [5.41, 5.74) is -1.21. The highest BCUT2D eigenvalue weighted by Gasteiger charge is 2.23. The second kappa shape index (κ2) is 4.67. The SMILES string of the molecule is N#Cc1cc(S(=O)(=O)Cl)cc([N+](=O)[O-])c1CO. The molecule has 0 atom stereocenters. The Hall–Kier alpha value is -1.69. The van der Waals surface area contributed by atoms with Gasteiger partial charge >= 0.3 is 0 Å². The van der Waals surface area contributed by atoms with Crippen molar-refractivity contribution in [2.75, 3.05) is 0 Å². The third-order valence-corrected chi connectivity index (χ3v) is 3.29. The summed E-state index contributed by atoms with van der Waals surface area (Å²) in [4.78, 5) is 9.23. The number of nitro benzene ring substituents is 1. The van der Waals surface area contributed by atoms with E-state index in [-0.39, 0.29) is 11.1 Å². The Kier molecular flexibility index (Phi) is 3.67. The maximum atomic E-state index is 11.0. The molecule has 7 nitrogen and oxygen atoms in total. The van der Waals surface area contributed by atoms with Gasteiger partial charge in [-0.1, -0.05) is 0 Å². The van der Waals surface area contributed by atoms with Gasteiger partial charge in [0, 0.05) is 16.7 Å². The Morgan fingerprint density at radius 3 is 2.47 bits per heavy atom. The molecule has 9 heteroatoms. The number of rotatable bonds is 3. The van der Waals surface area contributed by atoms with E-state index < -0.39 is 31.2 Å². The molecule has 0 spiro atoms. The molecular weight excluding hydrogens is 272 g/mol. The first-order valence-electron chi connectivity index (χ1n) is 4.08. The number of aliphatic hydroxyl groups is 1. The van der Waals surface area contributed by atoms with Crippen molar-refractivity contribution in [3.05, 3.63) is 33.4 Å². The minimum atomic E-state index is -4.18. The van der Waals surface area contributed by atoms with Crippen LogP contribution in [0.1, 0.15) is 11.1 Å². The summed E-state index contributed by atoms with van der Waals surface area (Å²) in [5.74, 6) is 0. The molecule has 0 unspecified atom stereocenters. The minimum Gasteiger partial charge on any atom is -0.391 e. The Labute approximate surface area is 100 Å². The van der Waals surface area contributed by atoms with Crippen molar-refractivity contribution >= 4 is 25.4 Å². The van der Waals surface area contributed by atoms with E-state index in [2.05, 4.69) is 0 Å². The van der Waals surface area contributed by atoms with Crippen molar-refractivity contribution in [1.82, 2.24) is 0 Å². The molecule has 0 aliphatic carbocycles. The number of nitrogens with zero attached hydrogens (tertiary/aromatic N) is 2. The molecule has 0 bridgehead atoms. The summed E-state index contributed by atoms with van der Waals surface area (Å²) in [7, 11) is 0.856. The molecule has 0 heterocycles. The zero-order chi connectivity index (χ0) is 13.2. The molecule has 0 radical (unpaired) electrons. The van der Waals surface area contributed by atoms with Gasteiger partial charge in [-0.3, -0.25) is 10.1 Å². The van der Waals surface area contributed by atoms with Crippen molar-refractivity contribution in [2.45, 2.75) is 11.5 Å². The molecule has 0 aliphatic rings. The molecule has 0 fully saturated rings. The average molecular weight is 277 g/mol. The van der Waals surface area contributed by atoms with Crippen LogP contribution in [0.5, 0.6) is 0 Å². The van der Waals surface area contributed by atoms with Crippen LogP contribution in [0.15, 0.2) is 17.0 Å². The maximum absolute atomic E-state index is 11.0. The van der Waals surface area contributed by atoms with Crippen LogP contribution in [-0.4, -0.2) is 18.4 Å². The van der Waals surface area contributed by atoms with Gasteiger partial charge in [0.05, 0.1) is 33.6 Å². The normalized spacial score (nSPS) is 10.9. The van der Waals surface area contributed by atoms with Gasteiger partial charge in [0.2, 0.25) is 0 Å². The first kappa shape index (κ1) is 13.4. The highest BCUT2D eigenvalue weighted by Crippen LogP contribution is 2.28. The van der Waals surface area contributed by atoms with Gasteiger partial charge < -0.3 is 5.11 Å². The molecule has 1 aromatic carbocycles. The lowest BCUT2D eigenvalue weighted by molar-refractivity contribution is -0.386. The van der Waals surface area contributed by atoms with E-state index in [9.17, 15) is 18.5 Å². The number of halogens is 1. The topological polar surface area (TPSA) is 121 Å². The molecule has 1 rings (SSSR count). The standard InChI is InChI=1S/C8H5ClN2O5S/c9-17(15,16)6-1-5(3-10)7(4-12)8(2-6)11(13)14/h1-2,12H,4H2. The summed E-state index contributed by atoms with van der Waals surface area (Å²) in [6.07, 6.45) is 0. The van der Waals surface area contributed by atoms with Crippen LogP contribution >= 0.6 is 10.7 Å². The van der Waals surface area contributed by atoms with Crippen LogP contribution in [0.25, 0.3) is 0 Å². The fourth-order valence-corrected chi connectivity index (χ4v) is 1.98. The van der Waals surface area contributed by atoms with E-state index >= 15 is 0 Å². The summed E-state index contributed by atoms with van der Waals surface area (Å²) in [5, 5.41) is 28.3.